The number of rotatable bonds is 5. The van der Waals surface area contributed by atoms with Crippen LogP contribution in [0.4, 0.5) is 5.82 Å². The van der Waals surface area contributed by atoms with Crippen LogP contribution in [-0.2, 0) is 0 Å². The molecule has 3 heteroatoms. The van der Waals surface area contributed by atoms with E-state index in [1.165, 1.54) is 0 Å². The number of pyridine rings is 1. The molecule has 1 aromatic rings. The van der Waals surface area contributed by atoms with Crippen LogP contribution in [0, 0.1) is 0 Å². The number of aromatic nitrogens is 1. The van der Waals surface area contributed by atoms with Crippen molar-refractivity contribution in [1.29, 1.82) is 0 Å². The van der Waals surface area contributed by atoms with E-state index in [9.17, 15) is 0 Å². The molecule has 0 aliphatic carbocycles. The van der Waals surface area contributed by atoms with Crippen LogP contribution in [-0.4, -0.2) is 17.1 Å². The molecular weight excluding hydrogens is 188 g/mol. The molecule has 0 fully saturated rings. The lowest BCUT2D eigenvalue weighted by atomic mass is 10.3. The van der Waals surface area contributed by atoms with E-state index in [0.29, 0.717) is 0 Å². The van der Waals surface area contributed by atoms with E-state index in [1.54, 1.807) is 6.20 Å². The van der Waals surface area contributed by atoms with Crippen LogP contribution in [0.5, 0.6) is 5.75 Å². The van der Waals surface area contributed by atoms with Gasteiger partial charge in [-0.05, 0) is 32.9 Å². The van der Waals surface area contributed by atoms with Gasteiger partial charge in [0.15, 0.2) is 11.6 Å². The lowest BCUT2D eigenvalue weighted by Crippen LogP contribution is -2.15. The summed E-state index contributed by atoms with van der Waals surface area (Å²) in [6.45, 7) is 9.72. The molecule has 1 N–H and O–H groups in total. The van der Waals surface area contributed by atoms with E-state index in [4.69, 9.17) is 4.74 Å². The highest BCUT2D eigenvalue weighted by Gasteiger charge is 2.07. The average Bonchev–Trinajstić information content (AvgIpc) is 2.20. The van der Waals surface area contributed by atoms with Crippen LogP contribution in [0.25, 0.3) is 0 Å². The molecule has 0 amide bonds. The summed E-state index contributed by atoms with van der Waals surface area (Å²) >= 11 is 0. The van der Waals surface area contributed by atoms with Crippen LogP contribution in [0.15, 0.2) is 31.0 Å². The quantitative estimate of drug-likeness (QED) is 0.752. The molecule has 0 aliphatic rings. The standard InChI is InChI=1S/C12H18N2O/c1-5-10(4)14-12-11(15-9(2)3)7-6-8-13-12/h5-10H,1H2,2-4H3,(H,13,14). The van der Waals surface area contributed by atoms with E-state index >= 15 is 0 Å². The van der Waals surface area contributed by atoms with E-state index in [0.717, 1.165) is 11.6 Å². The van der Waals surface area contributed by atoms with E-state index in [-0.39, 0.29) is 12.1 Å². The summed E-state index contributed by atoms with van der Waals surface area (Å²) in [5.41, 5.74) is 0. The highest BCUT2D eigenvalue weighted by Crippen LogP contribution is 2.22. The molecule has 0 aliphatic heterocycles. The highest BCUT2D eigenvalue weighted by molar-refractivity contribution is 5.50. The topological polar surface area (TPSA) is 34.2 Å². The first kappa shape index (κ1) is 11.6. The van der Waals surface area contributed by atoms with Crippen molar-refractivity contribution < 1.29 is 4.74 Å². The van der Waals surface area contributed by atoms with Crippen molar-refractivity contribution in [2.24, 2.45) is 0 Å². The van der Waals surface area contributed by atoms with Crippen LogP contribution >= 0.6 is 0 Å². The molecule has 0 aromatic carbocycles. The van der Waals surface area contributed by atoms with Crippen molar-refractivity contribution in [2.75, 3.05) is 5.32 Å². The van der Waals surface area contributed by atoms with Gasteiger partial charge in [0, 0.05) is 12.2 Å². The zero-order chi connectivity index (χ0) is 11.3. The molecule has 0 bridgehead atoms. The van der Waals surface area contributed by atoms with Gasteiger partial charge < -0.3 is 10.1 Å². The van der Waals surface area contributed by atoms with Crippen LogP contribution in [0.3, 0.4) is 0 Å². The Morgan fingerprint density at radius 3 is 2.80 bits per heavy atom. The number of hydrogen-bond acceptors (Lipinski definition) is 3. The Morgan fingerprint density at radius 2 is 2.20 bits per heavy atom. The summed E-state index contributed by atoms with van der Waals surface area (Å²) in [4.78, 5) is 4.24. The molecular formula is C12H18N2O. The third-order valence-corrected chi connectivity index (χ3v) is 1.85. The van der Waals surface area contributed by atoms with Gasteiger partial charge in [0.05, 0.1) is 6.10 Å². The predicted octanol–water partition coefficient (Wildman–Crippen LogP) is 2.86. The lowest BCUT2D eigenvalue weighted by molar-refractivity contribution is 0.243. The molecule has 1 unspecified atom stereocenters. The number of anilines is 1. The van der Waals surface area contributed by atoms with Gasteiger partial charge in [0.1, 0.15) is 0 Å². The second kappa shape index (κ2) is 5.39. The zero-order valence-electron chi connectivity index (χ0n) is 9.53. The average molecular weight is 206 g/mol. The van der Waals surface area contributed by atoms with Crippen molar-refractivity contribution in [1.82, 2.24) is 4.98 Å². The molecule has 1 aromatic heterocycles. The van der Waals surface area contributed by atoms with Crippen LogP contribution in [0.1, 0.15) is 20.8 Å². The molecule has 3 nitrogen and oxygen atoms in total. The second-order valence-corrected chi connectivity index (χ2v) is 3.69. The summed E-state index contributed by atoms with van der Waals surface area (Å²) in [5, 5.41) is 3.21. The molecule has 1 atom stereocenters. The predicted molar refractivity (Wildman–Crippen MR) is 63.3 cm³/mol. The maximum Gasteiger partial charge on any atom is 0.169 e. The second-order valence-electron chi connectivity index (χ2n) is 3.69. The summed E-state index contributed by atoms with van der Waals surface area (Å²) in [7, 11) is 0. The van der Waals surface area contributed by atoms with Crippen molar-refractivity contribution in [2.45, 2.75) is 32.9 Å². The molecule has 82 valence electrons. The maximum atomic E-state index is 5.63. The minimum atomic E-state index is 0.147. The maximum absolute atomic E-state index is 5.63. The Labute approximate surface area is 91.2 Å². The van der Waals surface area contributed by atoms with Gasteiger partial charge >= 0.3 is 0 Å². The highest BCUT2D eigenvalue weighted by atomic mass is 16.5. The molecule has 0 saturated carbocycles. The van der Waals surface area contributed by atoms with E-state index in [1.807, 2.05) is 39.0 Å². The van der Waals surface area contributed by atoms with Gasteiger partial charge in [0.2, 0.25) is 0 Å². The number of hydrogen-bond donors (Lipinski definition) is 1. The normalized spacial score (nSPS) is 12.3. The summed E-state index contributed by atoms with van der Waals surface area (Å²) in [5.74, 6) is 1.54. The van der Waals surface area contributed by atoms with E-state index in [2.05, 4.69) is 16.9 Å². The zero-order valence-corrected chi connectivity index (χ0v) is 9.53. The fourth-order valence-corrected chi connectivity index (χ4v) is 1.12. The first-order chi connectivity index (χ1) is 7.13. The Morgan fingerprint density at radius 1 is 1.47 bits per heavy atom. The first-order valence-corrected chi connectivity index (χ1v) is 5.14. The van der Waals surface area contributed by atoms with Crippen molar-refractivity contribution in [3.05, 3.63) is 31.0 Å². The summed E-state index contributed by atoms with van der Waals surface area (Å²) in [6.07, 6.45) is 3.72. The number of ether oxygens (including phenoxy) is 1. The molecule has 0 spiro atoms. The fraction of sp³-hybridized carbons (Fsp3) is 0.417. The minimum absolute atomic E-state index is 0.147. The fourth-order valence-electron chi connectivity index (χ4n) is 1.12. The van der Waals surface area contributed by atoms with Gasteiger partial charge in [-0.3, -0.25) is 0 Å². The Hall–Kier alpha value is -1.51. The summed E-state index contributed by atoms with van der Waals surface area (Å²) < 4.78 is 5.63. The molecule has 1 heterocycles. The number of nitrogens with zero attached hydrogens (tertiary/aromatic N) is 1. The van der Waals surface area contributed by atoms with Gasteiger partial charge in [-0.2, -0.15) is 0 Å². The smallest absolute Gasteiger partial charge is 0.169 e. The molecule has 0 saturated heterocycles. The Kier molecular flexibility index (Phi) is 4.16. The molecule has 0 radical (unpaired) electrons. The first-order valence-electron chi connectivity index (χ1n) is 5.14. The van der Waals surface area contributed by atoms with E-state index < -0.39 is 0 Å². The van der Waals surface area contributed by atoms with Gasteiger partial charge in [-0.15, -0.1) is 6.58 Å². The summed E-state index contributed by atoms with van der Waals surface area (Å²) in [6, 6.07) is 3.95. The third kappa shape index (κ3) is 3.62. The Balaban J connectivity index is 2.81. The molecule has 1 rings (SSSR count). The minimum Gasteiger partial charge on any atom is -0.487 e. The van der Waals surface area contributed by atoms with Crippen LogP contribution in [0.2, 0.25) is 0 Å². The SMILES string of the molecule is C=CC(C)Nc1ncccc1OC(C)C. The Bertz CT molecular complexity index is 323. The van der Waals surface area contributed by atoms with Gasteiger partial charge in [-0.25, -0.2) is 4.98 Å². The van der Waals surface area contributed by atoms with Crippen molar-refractivity contribution in [3.63, 3.8) is 0 Å². The third-order valence-electron chi connectivity index (χ3n) is 1.85. The lowest BCUT2D eigenvalue weighted by Gasteiger charge is -2.16. The number of nitrogens with one attached hydrogen (secondary N) is 1. The van der Waals surface area contributed by atoms with Crippen molar-refractivity contribution in [3.8, 4) is 5.75 Å². The monoisotopic (exact) mass is 206 g/mol. The van der Waals surface area contributed by atoms with Crippen molar-refractivity contribution >= 4 is 5.82 Å². The largest absolute Gasteiger partial charge is 0.487 e. The van der Waals surface area contributed by atoms with Crippen LogP contribution < -0.4 is 10.1 Å². The molecule has 15 heavy (non-hydrogen) atoms. The van der Waals surface area contributed by atoms with Gasteiger partial charge in [0.25, 0.3) is 0 Å². The van der Waals surface area contributed by atoms with Gasteiger partial charge in [-0.1, -0.05) is 6.08 Å².